The van der Waals surface area contributed by atoms with E-state index in [1.54, 1.807) is 0 Å². The highest BCUT2D eigenvalue weighted by atomic mass is 15.3. The molecule has 1 aliphatic rings. The molecule has 0 bridgehead atoms. The van der Waals surface area contributed by atoms with E-state index in [-0.39, 0.29) is 0 Å². The van der Waals surface area contributed by atoms with Gasteiger partial charge in [-0.15, -0.1) is 0 Å². The van der Waals surface area contributed by atoms with Gasteiger partial charge in [0.15, 0.2) is 5.82 Å². The predicted molar refractivity (Wildman–Crippen MR) is 71.3 cm³/mol. The number of rotatable bonds is 2. The highest BCUT2D eigenvalue weighted by Gasteiger charge is 2.19. The van der Waals surface area contributed by atoms with Gasteiger partial charge in [-0.25, -0.2) is 0 Å². The second-order valence-corrected chi connectivity index (χ2v) is 5.30. The molecule has 2 atom stereocenters. The topological polar surface area (TPSA) is 33.1 Å². The minimum atomic E-state index is 0.675. The molecule has 1 N–H and O–H groups in total. The fraction of sp³-hybridized carbons (Fsp3) is 0.769. The first-order chi connectivity index (χ1) is 8.19. The van der Waals surface area contributed by atoms with Crippen LogP contribution in [0.3, 0.4) is 0 Å². The molecule has 0 aliphatic carbocycles. The van der Waals surface area contributed by atoms with Gasteiger partial charge in [0.25, 0.3) is 0 Å². The summed E-state index contributed by atoms with van der Waals surface area (Å²) in [7, 11) is 0. The molecule has 4 nitrogen and oxygen atoms in total. The van der Waals surface area contributed by atoms with Crippen molar-refractivity contribution in [2.75, 3.05) is 31.1 Å². The Bertz CT molecular complexity index is 335. The van der Waals surface area contributed by atoms with Crippen LogP contribution in [0.2, 0.25) is 0 Å². The van der Waals surface area contributed by atoms with Crippen LogP contribution >= 0.6 is 0 Å². The Kier molecular flexibility index (Phi) is 4.05. The molecule has 0 spiro atoms. The highest BCUT2D eigenvalue weighted by molar-refractivity contribution is 5.37. The van der Waals surface area contributed by atoms with Gasteiger partial charge in [0.05, 0.1) is 0 Å². The van der Waals surface area contributed by atoms with Crippen molar-refractivity contribution in [3.63, 3.8) is 0 Å². The molecular formula is C13H24N4. The third kappa shape index (κ3) is 3.22. The van der Waals surface area contributed by atoms with Gasteiger partial charge in [0, 0.05) is 31.9 Å². The van der Waals surface area contributed by atoms with Crippen molar-refractivity contribution in [1.29, 1.82) is 0 Å². The van der Waals surface area contributed by atoms with E-state index in [1.807, 2.05) is 4.68 Å². The lowest BCUT2D eigenvalue weighted by Gasteiger charge is -2.31. The van der Waals surface area contributed by atoms with E-state index >= 15 is 0 Å². The standard InChI is InChI=1S/C13H24N4/c1-4-17-6-5-13(15-17)16-9-11(2)7-14-8-12(3)10-16/h5-6,11-12,14H,4,7-10H2,1-3H3. The molecule has 0 aromatic carbocycles. The third-order valence-corrected chi connectivity index (χ3v) is 3.32. The van der Waals surface area contributed by atoms with Crippen molar-refractivity contribution < 1.29 is 0 Å². The van der Waals surface area contributed by atoms with E-state index in [0.29, 0.717) is 11.8 Å². The Morgan fingerprint density at radius 1 is 1.29 bits per heavy atom. The summed E-state index contributed by atoms with van der Waals surface area (Å²) < 4.78 is 2.00. The van der Waals surface area contributed by atoms with Crippen molar-refractivity contribution in [2.45, 2.75) is 27.3 Å². The first-order valence-corrected chi connectivity index (χ1v) is 6.68. The third-order valence-electron chi connectivity index (χ3n) is 3.32. The normalized spacial score (nSPS) is 26.6. The van der Waals surface area contributed by atoms with E-state index in [9.17, 15) is 0 Å². The first kappa shape index (κ1) is 12.4. The molecule has 17 heavy (non-hydrogen) atoms. The van der Waals surface area contributed by atoms with Gasteiger partial charge < -0.3 is 10.2 Å². The molecule has 0 radical (unpaired) electrons. The van der Waals surface area contributed by atoms with Gasteiger partial charge in [-0.3, -0.25) is 4.68 Å². The highest BCUT2D eigenvalue weighted by Crippen LogP contribution is 2.16. The minimum absolute atomic E-state index is 0.675. The Balaban J connectivity index is 2.09. The summed E-state index contributed by atoms with van der Waals surface area (Å²) >= 11 is 0. The van der Waals surface area contributed by atoms with Gasteiger partial charge in [0.2, 0.25) is 0 Å². The summed E-state index contributed by atoms with van der Waals surface area (Å²) in [5, 5.41) is 8.14. The van der Waals surface area contributed by atoms with Crippen LogP contribution < -0.4 is 10.2 Å². The van der Waals surface area contributed by atoms with Crippen molar-refractivity contribution in [3.8, 4) is 0 Å². The van der Waals surface area contributed by atoms with Crippen LogP contribution in [0.4, 0.5) is 5.82 Å². The predicted octanol–water partition coefficient (Wildman–Crippen LogP) is 1.58. The molecule has 1 aliphatic heterocycles. The molecule has 1 aromatic heterocycles. The van der Waals surface area contributed by atoms with Crippen LogP contribution in [-0.2, 0) is 6.54 Å². The Hall–Kier alpha value is -1.03. The fourth-order valence-electron chi connectivity index (χ4n) is 2.42. The maximum Gasteiger partial charge on any atom is 0.150 e. The van der Waals surface area contributed by atoms with Crippen LogP contribution in [0.15, 0.2) is 12.3 Å². The summed E-state index contributed by atoms with van der Waals surface area (Å²) in [6, 6.07) is 2.14. The zero-order valence-electron chi connectivity index (χ0n) is 11.2. The second kappa shape index (κ2) is 5.54. The van der Waals surface area contributed by atoms with Gasteiger partial charge in [-0.1, -0.05) is 13.8 Å². The second-order valence-electron chi connectivity index (χ2n) is 5.30. The molecule has 1 fully saturated rings. The number of hydrogen-bond donors (Lipinski definition) is 1. The lowest BCUT2D eigenvalue weighted by Crippen LogP contribution is -2.42. The number of aromatic nitrogens is 2. The summed E-state index contributed by atoms with van der Waals surface area (Å²) in [4.78, 5) is 2.43. The van der Waals surface area contributed by atoms with Crippen LogP contribution in [0.5, 0.6) is 0 Å². The minimum Gasteiger partial charge on any atom is -0.355 e. The van der Waals surface area contributed by atoms with E-state index in [4.69, 9.17) is 0 Å². The van der Waals surface area contributed by atoms with E-state index < -0.39 is 0 Å². The van der Waals surface area contributed by atoms with Crippen LogP contribution in [-0.4, -0.2) is 36.0 Å². The molecule has 1 aromatic rings. The molecule has 4 heteroatoms. The summed E-state index contributed by atoms with van der Waals surface area (Å²) in [6.07, 6.45) is 2.07. The largest absolute Gasteiger partial charge is 0.355 e. The van der Waals surface area contributed by atoms with E-state index in [1.165, 1.54) is 0 Å². The quantitative estimate of drug-likeness (QED) is 0.846. The molecular weight excluding hydrogens is 212 g/mol. The lowest BCUT2D eigenvalue weighted by atomic mass is 10.1. The van der Waals surface area contributed by atoms with Crippen LogP contribution in [0.25, 0.3) is 0 Å². The maximum atomic E-state index is 4.62. The molecule has 0 saturated carbocycles. The van der Waals surface area contributed by atoms with Crippen molar-refractivity contribution >= 4 is 5.82 Å². The lowest BCUT2D eigenvalue weighted by molar-refractivity contribution is 0.408. The average Bonchev–Trinajstić information content (AvgIpc) is 2.74. The van der Waals surface area contributed by atoms with Gasteiger partial charge in [0.1, 0.15) is 0 Å². The molecule has 2 heterocycles. The monoisotopic (exact) mass is 236 g/mol. The van der Waals surface area contributed by atoms with Gasteiger partial charge in [-0.2, -0.15) is 5.10 Å². The fourth-order valence-corrected chi connectivity index (χ4v) is 2.42. The smallest absolute Gasteiger partial charge is 0.150 e. The Morgan fingerprint density at radius 3 is 2.47 bits per heavy atom. The molecule has 2 unspecified atom stereocenters. The zero-order valence-corrected chi connectivity index (χ0v) is 11.2. The molecule has 1 saturated heterocycles. The van der Waals surface area contributed by atoms with Crippen molar-refractivity contribution in [1.82, 2.24) is 15.1 Å². The Morgan fingerprint density at radius 2 is 1.94 bits per heavy atom. The van der Waals surface area contributed by atoms with Crippen LogP contribution in [0.1, 0.15) is 20.8 Å². The van der Waals surface area contributed by atoms with E-state index in [2.05, 4.69) is 48.3 Å². The van der Waals surface area contributed by atoms with Crippen LogP contribution in [0, 0.1) is 11.8 Å². The number of hydrogen-bond acceptors (Lipinski definition) is 3. The number of anilines is 1. The zero-order chi connectivity index (χ0) is 12.3. The molecule has 2 rings (SSSR count). The Labute approximate surface area is 104 Å². The molecule has 0 amide bonds. The summed E-state index contributed by atoms with van der Waals surface area (Å²) in [5.74, 6) is 2.48. The number of nitrogens with one attached hydrogen (secondary N) is 1. The SMILES string of the molecule is CCn1ccc(N2CC(C)CNCC(C)C2)n1. The van der Waals surface area contributed by atoms with Crippen molar-refractivity contribution in [2.24, 2.45) is 11.8 Å². The first-order valence-electron chi connectivity index (χ1n) is 6.68. The van der Waals surface area contributed by atoms with Gasteiger partial charge in [-0.05, 0) is 31.8 Å². The number of aryl methyl sites for hydroxylation is 1. The number of nitrogens with zero attached hydrogens (tertiary/aromatic N) is 3. The maximum absolute atomic E-state index is 4.62. The average molecular weight is 236 g/mol. The molecule has 96 valence electrons. The van der Waals surface area contributed by atoms with Crippen molar-refractivity contribution in [3.05, 3.63) is 12.3 Å². The van der Waals surface area contributed by atoms with Gasteiger partial charge >= 0.3 is 0 Å². The summed E-state index contributed by atoms with van der Waals surface area (Å²) in [5.41, 5.74) is 0. The summed E-state index contributed by atoms with van der Waals surface area (Å²) in [6.45, 7) is 12.1. The van der Waals surface area contributed by atoms with E-state index in [0.717, 1.165) is 38.5 Å².